The summed E-state index contributed by atoms with van der Waals surface area (Å²) < 4.78 is 4.60. The molecule has 1 aromatic heterocycles. The molecule has 100 valence electrons. The van der Waals surface area contributed by atoms with Crippen LogP contribution in [-0.4, -0.2) is 42.2 Å². The molecule has 0 saturated heterocycles. The molecule has 0 unspecified atom stereocenters. The summed E-state index contributed by atoms with van der Waals surface area (Å²) in [4.78, 5) is 19.5. The highest BCUT2D eigenvalue weighted by Crippen LogP contribution is 2.06. The van der Waals surface area contributed by atoms with Crippen LogP contribution in [0.15, 0.2) is 6.07 Å². The van der Waals surface area contributed by atoms with Gasteiger partial charge in [0, 0.05) is 30.9 Å². The zero-order chi connectivity index (χ0) is 13.5. The van der Waals surface area contributed by atoms with Gasteiger partial charge < -0.3 is 15.4 Å². The lowest BCUT2D eigenvalue weighted by Gasteiger charge is -2.10. The molecule has 6 heteroatoms. The van der Waals surface area contributed by atoms with E-state index in [0.29, 0.717) is 11.9 Å². The summed E-state index contributed by atoms with van der Waals surface area (Å²) in [5.74, 6) is 0.187. The van der Waals surface area contributed by atoms with Crippen molar-refractivity contribution >= 4 is 11.8 Å². The lowest BCUT2D eigenvalue weighted by molar-refractivity contribution is 0.0586. The maximum atomic E-state index is 11.3. The van der Waals surface area contributed by atoms with Crippen LogP contribution in [0.3, 0.4) is 0 Å². The van der Waals surface area contributed by atoms with Crippen LogP contribution in [0.5, 0.6) is 0 Å². The number of nitrogens with one attached hydrogen (secondary N) is 2. The zero-order valence-corrected chi connectivity index (χ0v) is 11.3. The molecular formula is C12H20N4O2. The fourth-order valence-corrected chi connectivity index (χ4v) is 1.39. The average Bonchev–Trinajstić information content (AvgIpc) is 2.32. The molecule has 0 aromatic carbocycles. The van der Waals surface area contributed by atoms with E-state index in [1.807, 2.05) is 6.92 Å². The number of hydrogen-bond donors (Lipinski definition) is 2. The van der Waals surface area contributed by atoms with Crippen LogP contribution < -0.4 is 10.6 Å². The number of carbonyl (C=O) groups is 1. The molecule has 1 rings (SSSR count). The maximum Gasteiger partial charge on any atom is 0.376 e. The Labute approximate surface area is 107 Å². The molecule has 0 aliphatic carbocycles. The van der Waals surface area contributed by atoms with Gasteiger partial charge in [0.25, 0.3) is 0 Å². The molecule has 1 aromatic rings. The number of methoxy groups -OCH3 is 1. The van der Waals surface area contributed by atoms with E-state index < -0.39 is 5.97 Å². The van der Waals surface area contributed by atoms with Crippen LogP contribution in [0, 0.1) is 6.92 Å². The summed E-state index contributed by atoms with van der Waals surface area (Å²) >= 11 is 0. The Kier molecular flexibility index (Phi) is 5.51. The van der Waals surface area contributed by atoms with Crippen molar-refractivity contribution in [3.63, 3.8) is 0 Å². The summed E-state index contributed by atoms with van der Waals surface area (Å²) in [6, 6.07) is 2.24. The Morgan fingerprint density at radius 1 is 1.39 bits per heavy atom. The largest absolute Gasteiger partial charge is 0.463 e. The van der Waals surface area contributed by atoms with Gasteiger partial charge in [-0.25, -0.2) is 14.8 Å². The highest BCUT2D eigenvalue weighted by Gasteiger charge is 2.11. The fraction of sp³-hybridized carbons (Fsp3) is 0.583. The average molecular weight is 252 g/mol. The van der Waals surface area contributed by atoms with E-state index in [-0.39, 0.29) is 5.82 Å². The molecular weight excluding hydrogens is 232 g/mol. The predicted octanol–water partition coefficient (Wildman–Crippen LogP) is 0.982. The first-order valence-corrected chi connectivity index (χ1v) is 5.94. The monoisotopic (exact) mass is 252 g/mol. The molecule has 0 bridgehead atoms. The van der Waals surface area contributed by atoms with Crippen molar-refractivity contribution in [3.8, 4) is 0 Å². The zero-order valence-electron chi connectivity index (χ0n) is 11.3. The highest BCUT2D eigenvalue weighted by molar-refractivity contribution is 5.85. The lowest BCUT2D eigenvalue weighted by atomic mass is 10.4. The number of hydrogen-bond acceptors (Lipinski definition) is 6. The molecule has 18 heavy (non-hydrogen) atoms. The van der Waals surface area contributed by atoms with Gasteiger partial charge in [-0.05, 0) is 6.92 Å². The molecule has 0 spiro atoms. The summed E-state index contributed by atoms with van der Waals surface area (Å²) in [7, 11) is 1.31. The second-order valence-corrected chi connectivity index (χ2v) is 4.25. The van der Waals surface area contributed by atoms with Crippen LogP contribution in [0.2, 0.25) is 0 Å². The summed E-state index contributed by atoms with van der Waals surface area (Å²) in [6.07, 6.45) is 0. The van der Waals surface area contributed by atoms with Crippen molar-refractivity contribution in [2.24, 2.45) is 0 Å². The van der Waals surface area contributed by atoms with Gasteiger partial charge in [0.15, 0.2) is 0 Å². The highest BCUT2D eigenvalue weighted by atomic mass is 16.5. The van der Waals surface area contributed by atoms with Gasteiger partial charge >= 0.3 is 5.97 Å². The Morgan fingerprint density at radius 3 is 2.72 bits per heavy atom. The third kappa shape index (κ3) is 4.67. The number of aromatic nitrogens is 2. The normalized spacial score (nSPS) is 10.5. The molecule has 0 aliphatic heterocycles. The molecule has 0 radical (unpaired) electrons. The van der Waals surface area contributed by atoms with Crippen molar-refractivity contribution in [2.75, 3.05) is 25.5 Å². The van der Waals surface area contributed by atoms with E-state index in [9.17, 15) is 4.79 Å². The summed E-state index contributed by atoms with van der Waals surface area (Å²) in [5, 5.41) is 6.42. The van der Waals surface area contributed by atoms with E-state index in [0.717, 1.165) is 18.8 Å². The number of ether oxygens (including phenoxy) is 1. The van der Waals surface area contributed by atoms with Crippen molar-refractivity contribution in [2.45, 2.75) is 26.8 Å². The van der Waals surface area contributed by atoms with Crippen LogP contribution >= 0.6 is 0 Å². The van der Waals surface area contributed by atoms with Gasteiger partial charge in [-0.2, -0.15) is 0 Å². The van der Waals surface area contributed by atoms with Gasteiger partial charge in [-0.3, -0.25) is 0 Å². The van der Waals surface area contributed by atoms with Crippen LogP contribution in [0.25, 0.3) is 0 Å². The van der Waals surface area contributed by atoms with E-state index >= 15 is 0 Å². The van der Waals surface area contributed by atoms with Crippen molar-refractivity contribution < 1.29 is 9.53 Å². The van der Waals surface area contributed by atoms with E-state index in [1.165, 1.54) is 7.11 Å². The van der Waals surface area contributed by atoms with Crippen LogP contribution in [0.4, 0.5) is 5.82 Å². The Balaban J connectivity index is 2.60. The van der Waals surface area contributed by atoms with Crippen LogP contribution in [0.1, 0.15) is 30.2 Å². The molecule has 1 heterocycles. The molecule has 0 fully saturated rings. The summed E-state index contributed by atoms with van der Waals surface area (Å²) in [6.45, 7) is 7.55. The van der Waals surface area contributed by atoms with E-state index in [2.05, 4.69) is 39.2 Å². The minimum Gasteiger partial charge on any atom is -0.463 e. The van der Waals surface area contributed by atoms with Crippen molar-refractivity contribution in [1.29, 1.82) is 0 Å². The number of esters is 1. The Bertz CT molecular complexity index is 407. The van der Waals surface area contributed by atoms with E-state index in [4.69, 9.17) is 0 Å². The molecule has 6 nitrogen and oxygen atoms in total. The number of nitrogens with zero attached hydrogens (tertiary/aromatic N) is 2. The first-order valence-electron chi connectivity index (χ1n) is 5.94. The molecule has 0 aliphatic rings. The quantitative estimate of drug-likeness (QED) is 0.580. The number of carbonyl (C=O) groups excluding carboxylic acids is 1. The second-order valence-electron chi connectivity index (χ2n) is 4.25. The topological polar surface area (TPSA) is 76.1 Å². The lowest BCUT2D eigenvalue weighted by Crippen LogP contribution is -2.28. The van der Waals surface area contributed by atoms with Gasteiger partial charge in [0.1, 0.15) is 5.82 Å². The second kappa shape index (κ2) is 6.90. The standard InChI is InChI=1S/C12H20N4O2/c1-8(2)13-5-6-14-10-7-9(3)15-11(16-10)12(17)18-4/h7-8,13H,5-6H2,1-4H3,(H,14,15,16). The smallest absolute Gasteiger partial charge is 0.376 e. The first-order chi connectivity index (χ1) is 8.52. The third-order valence-corrected chi connectivity index (χ3v) is 2.21. The van der Waals surface area contributed by atoms with Gasteiger partial charge in [-0.15, -0.1) is 0 Å². The molecule has 2 N–H and O–H groups in total. The fourth-order valence-electron chi connectivity index (χ4n) is 1.39. The maximum absolute atomic E-state index is 11.3. The molecule has 0 amide bonds. The number of anilines is 1. The van der Waals surface area contributed by atoms with Crippen molar-refractivity contribution in [3.05, 3.63) is 17.6 Å². The van der Waals surface area contributed by atoms with E-state index in [1.54, 1.807) is 6.07 Å². The molecule has 0 atom stereocenters. The van der Waals surface area contributed by atoms with Crippen molar-refractivity contribution in [1.82, 2.24) is 15.3 Å². The van der Waals surface area contributed by atoms with Crippen LogP contribution in [-0.2, 0) is 4.74 Å². The third-order valence-electron chi connectivity index (χ3n) is 2.21. The minimum atomic E-state index is -0.526. The summed E-state index contributed by atoms with van der Waals surface area (Å²) in [5.41, 5.74) is 0.727. The first kappa shape index (κ1) is 14.4. The van der Waals surface area contributed by atoms with Gasteiger partial charge in [0.2, 0.25) is 5.82 Å². The Morgan fingerprint density at radius 2 is 2.11 bits per heavy atom. The van der Waals surface area contributed by atoms with Gasteiger partial charge in [-0.1, -0.05) is 13.8 Å². The number of rotatable bonds is 6. The Hall–Kier alpha value is -1.69. The predicted molar refractivity (Wildman–Crippen MR) is 69.7 cm³/mol. The number of aryl methyl sites for hydroxylation is 1. The van der Waals surface area contributed by atoms with Gasteiger partial charge in [0.05, 0.1) is 7.11 Å². The minimum absolute atomic E-state index is 0.0804. The molecule has 0 saturated carbocycles. The SMILES string of the molecule is COC(=O)c1nc(C)cc(NCCNC(C)C)n1.